The van der Waals surface area contributed by atoms with Crippen molar-refractivity contribution in [2.45, 2.75) is 12.8 Å². The van der Waals surface area contributed by atoms with Crippen molar-refractivity contribution in [1.29, 1.82) is 0 Å². The minimum atomic E-state index is -0.198. The van der Waals surface area contributed by atoms with Crippen LogP contribution in [0, 0.1) is 5.92 Å². The van der Waals surface area contributed by atoms with E-state index in [4.69, 9.17) is 27.9 Å². The van der Waals surface area contributed by atoms with Gasteiger partial charge in [-0.2, -0.15) is 0 Å². The average Bonchev–Trinajstić information content (AvgIpc) is 2.36. The summed E-state index contributed by atoms with van der Waals surface area (Å²) in [6.07, 6.45) is 1.64. The Hall–Kier alpha value is -0.970. The van der Waals surface area contributed by atoms with Crippen LogP contribution in [0.25, 0.3) is 0 Å². The molecule has 0 aliphatic carbocycles. The van der Waals surface area contributed by atoms with Crippen molar-refractivity contribution < 1.29 is 14.6 Å². The molecule has 2 rings (SSSR count). The average molecular weight is 290 g/mol. The Balaban J connectivity index is 2.11. The zero-order chi connectivity index (χ0) is 13.1. The highest BCUT2D eigenvalue weighted by Crippen LogP contribution is 2.35. The van der Waals surface area contributed by atoms with Crippen molar-refractivity contribution in [3.05, 3.63) is 22.2 Å². The van der Waals surface area contributed by atoms with Gasteiger partial charge in [0, 0.05) is 11.6 Å². The number of carbonyl (C=O) groups excluding carboxylic acids is 1. The number of anilines is 1. The summed E-state index contributed by atoms with van der Waals surface area (Å²) in [6, 6.07) is 2.88. The number of phenols is 1. The van der Waals surface area contributed by atoms with E-state index in [2.05, 4.69) is 5.32 Å². The number of phenolic OH excluding ortho intramolecular Hbond substituents is 1. The van der Waals surface area contributed by atoms with Crippen LogP contribution >= 0.6 is 23.2 Å². The highest BCUT2D eigenvalue weighted by Gasteiger charge is 2.23. The molecular formula is C12H13Cl2NO3. The lowest BCUT2D eigenvalue weighted by Crippen LogP contribution is -2.30. The van der Waals surface area contributed by atoms with Gasteiger partial charge in [-0.25, -0.2) is 0 Å². The molecule has 0 saturated carbocycles. The number of benzene rings is 1. The summed E-state index contributed by atoms with van der Waals surface area (Å²) in [7, 11) is 0. The van der Waals surface area contributed by atoms with E-state index in [-0.39, 0.29) is 28.3 Å². The maximum Gasteiger partial charge on any atom is 0.229 e. The van der Waals surface area contributed by atoms with Crippen LogP contribution in [-0.2, 0) is 9.53 Å². The number of hydrogen-bond donors (Lipinski definition) is 2. The molecule has 1 aromatic carbocycles. The first-order valence-electron chi connectivity index (χ1n) is 5.64. The molecule has 1 atom stereocenters. The first kappa shape index (κ1) is 13.5. The van der Waals surface area contributed by atoms with E-state index in [0.29, 0.717) is 18.2 Å². The van der Waals surface area contributed by atoms with Crippen molar-refractivity contribution in [2.75, 3.05) is 18.5 Å². The second kappa shape index (κ2) is 5.78. The Morgan fingerprint density at radius 1 is 1.44 bits per heavy atom. The number of rotatable bonds is 2. The summed E-state index contributed by atoms with van der Waals surface area (Å²) >= 11 is 11.6. The zero-order valence-electron chi connectivity index (χ0n) is 9.58. The highest BCUT2D eigenvalue weighted by molar-refractivity contribution is 6.36. The number of ether oxygens (including phenoxy) is 1. The van der Waals surface area contributed by atoms with Gasteiger partial charge < -0.3 is 15.2 Å². The maximum absolute atomic E-state index is 12.0. The number of aromatic hydroxyl groups is 1. The molecule has 1 heterocycles. The lowest BCUT2D eigenvalue weighted by Gasteiger charge is -2.21. The summed E-state index contributed by atoms with van der Waals surface area (Å²) in [5.74, 6) is -0.564. The second-order valence-corrected chi connectivity index (χ2v) is 5.03. The van der Waals surface area contributed by atoms with Crippen molar-refractivity contribution >= 4 is 34.8 Å². The molecule has 1 unspecified atom stereocenters. The SMILES string of the molecule is O=C(Nc1cc(Cl)cc(Cl)c1O)C1CCCOC1. The fourth-order valence-corrected chi connectivity index (χ4v) is 2.34. The molecule has 1 fully saturated rings. The second-order valence-electron chi connectivity index (χ2n) is 4.19. The molecule has 1 aliphatic rings. The molecule has 4 nitrogen and oxygen atoms in total. The third-order valence-corrected chi connectivity index (χ3v) is 3.32. The van der Waals surface area contributed by atoms with Gasteiger partial charge in [-0.3, -0.25) is 4.79 Å². The van der Waals surface area contributed by atoms with Gasteiger partial charge in [0.2, 0.25) is 5.91 Å². The van der Waals surface area contributed by atoms with Crippen LogP contribution in [0.5, 0.6) is 5.75 Å². The molecule has 1 amide bonds. The highest BCUT2D eigenvalue weighted by atomic mass is 35.5. The summed E-state index contributed by atoms with van der Waals surface area (Å²) < 4.78 is 5.24. The van der Waals surface area contributed by atoms with E-state index in [1.165, 1.54) is 12.1 Å². The molecule has 6 heteroatoms. The van der Waals surface area contributed by atoms with Crippen LogP contribution in [0.15, 0.2) is 12.1 Å². The Bertz CT molecular complexity index is 459. The normalized spacial score (nSPS) is 19.6. The lowest BCUT2D eigenvalue weighted by molar-refractivity contribution is -0.123. The maximum atomic E-state index is 12.0. The Kier molecular flexibility index (Phi) is 4.32. The number of amides is 1. The van der Waals surface area contributed by atoms with Crippen molar-refractivity contribution in [1.82, 2.24) is 0 Å². The number of nitrogens with one attached hydrogen (secondary N) is 1. The minimum absolute atomic E-state index is 0.109. The largest absolute Gasteiger partial charge is 0.504 e. The van der Waals surface area contributed by atoms with Gasteiger partial charge in [-0.05, 0) is 25.0 Å². The van der Waals surface area contributed by atoms with Crippen molar-refractivity contribution in [3.8, 4) is 5.75 Å². The van der Waals surface area contributed by atoms with Gasteiger partial charge in [-0.1, -0.05) is 23.2 Å². The zero-order valence-corrected chi connectivity index (χ0v) is 11.1. The van der Waals surface area contributed by atoms with Gasteiger partial charge in [0.1, 0.15) is 0 Å². The standard InChI is InChI=1S/C12H13Cl2NO3/c13-8-4-9(14)11(16)10(5-8)15-12(17)7-2-1-3-18-6-7/h4-5,7,16H,1-3,6H2,(H,15,17). The van der Waals surface area contributed by atoms with Gasteiger partial charge in [-0.15, -0.1) is 0 Å². The molecule has 1 saturated heterocycles. The Labute approximate surface area is 115 Å². The van der Waals surface area contributed by atoms with Gasteiger partial charge in [0.05, 0.1) is 23.2 Å². The number of carbonyl (C=O) groups is 1. The Morgan fingerprint density at radius 3 is 2.89 bits per heavy atom. The summed E-state index contributed by atoms with van der Waals surface area (Å²) in [5.41, 5.74) is 0.225. The fraction of sp³-hybridized carbons (Fsp3) is 0.417. The number of hydrogen-bond acceptors (Lipinski definition) is 3. The van der Waals surface area contributed by atoms with Crippen LogP contribution in [0.1, 0.15) is 12.8 Å². The molecule has 0 bridgehead atoms. The van der Waals surface area contributed by atoms with Crippen molar-refractivity contribution in [2.24, 2.45) is 5.92 Å². The molecule has 2 N–H and O–H groups in total. The quantitative estimate of drug-likeness (QED) is 0.823. The van der Waals surface area contributed by atoms with E-state index >= 15 is 0 Å². The van der Waals surface area contributed by atoms with Gasteiger partial charge >= 0.3 is 0 Å². The molecule has 0 aromatic heterocycles. The van der Waals surface area contributed by atoms with E-state index in [0.717, 1.165) is 12.8 Å². The molecular weight excluding hydrogens is 277 g/mol. The summed E-state index contributed by atoms with van der Waals surface area (Å²) in [6.45, 7) is 1.10. The first-order chi connectivity index (χ1) is 8.58. The van der Waals surface area contributed by atoms with E-state index in [9.17, 15) is 9.90 Å². The van der Waals surface area contributed by atoms with Crippen LogP contribution < -0.4 is 5.32 Å². The molecule has 98 valence electrons. The predicted octanol–water partition coefficient (Wildman–Crippen LogP) is 3.06. The van der Waals surface area contributed by atoms with Crippen LogP contribution in [0.3, 0.4) is 0 Å². The fourth-order valence-electron chi connectivity index (χ4n) is 1.84. The topological polar surface area (TPSA) is 58.6 Å². The smallest absolute Gasteiger partial charge is 0.229 e. The molecule has 1 aromatic rings. The molecule has 18 heavy (non-hydrogen) atoms. The van der Waals surface area contributed by atoms with Gasteiger partial charge in [0.25, 0.3) is 0 Å². The molecule has 0 spiro atoms. The molecule has 0 radical (unpaired) electrons. The number of halogens is 2. The third-order valence-electron chi connectivity index (χ3n) is 2.82. The van der Waals surface area contributed by atoms with Crippen LogP contribution in [0.4, 0.5) is 5.69 Å². The monoisotopic (exact) mass is 289 g/mol. The van der Waals surface area contributed by atoms with Crippen LogP contribution in [-0.4, -0.2) is 24.2 Å². The lowest BCUT2D eigenvalue weighted by atomic mass is 10.0. The predicted molar refractivity (Wildman–Crippen MR) is 70.3 cm³/mol. The van der Waals surface area contributed by atoms with E-state index in [1.54, 1.807) is 0 Å². The first-order valence-corrected chi connectivity index (χ1v) is 6.40. The van der Waals surface area contributed by atoms with E-state index < -0.39 is 0 Å². The summed E-state index contributed by atoms with van der Waals surface area (Å²) in [5, 5.41) is 12.8. The van der Waals surface area contributed by atoms with Crippen LogP contribution in [0.2, 0.25) is 10.0 Å². The summed E-state index contributed by atoms with van der Waals surface area (Å²) in [4.78, 5) is 12.0. The minimum Gasteiger partial charge on any atom is -0.504 e. The van der Waals surface area contributed by atoms with E-state index in [1.807, 2.05) is 0 Å². The molecule has 1 aliphatic heterocycles. The third kappa shape index (κ3) is 3.07. The van der Waals surface area contributed by atoms with Gasteiger partial charge in [0.15, 0.2) is 5.75 Å². The van der Waals surface area contributed by atoms with Crippen molar-refractivity contribution in [3.63, 3.8) is 0 Å². The Morgan fingerprint density at radius 2 is 2.22 bits per heavy atom.